The zero-order chi connectivity index (χ0) is 22.7. The van der Waals surface area contributed by atoms with E-state index in [0.717, 1.165) is 22.6 Å². The molecule has 0 bridgehead atoms. The highest BCUT2D eigenvalue weighted by atomic mass is 35.5. The molecule has 7 heteroatoms. The Labute approximate surface area is 196 Å². The highest BCUT2D eigenvalue weighted by molar-refractivity contribution is 7.99. The predicted molar refractivity (Wildman–Crippen MR) is 132 cm³/mol. The molecule has 0 saturated carbocycles. The number of aryl methyl sites for hydroxylation is 2. The van der Waals surface area contributed by atoms with Gasteiger partial charge >= 0.3 is 0 Å². The van der Waals surface area contributed by atoms with E-state index in [-0.39, 0.29) is 11.7 Å². The van der Waals surface area contributed by atoms with Gasteiger partial charge in [0, 0.05) is 16.3 Å². The number of hydrogen-bond acceptors (Lipinski definition) is 4. The summed E-state index contributed by atoms with van der Waals surface area (Å²) in [6, 6.07) is 21.6. The van der Waals surface area contributed by atoms with Crippen LogP contribution in [0.5, 0.6) is 0 Å². The minimum absolute atomic E-state index is 0.128. The van der Waals surface area contributed by atoms with E-state index in [2.05, 4.69) is 47.6 Å². The summed E-state index contributed by atoms with van der Waals surface area (Å²) in [4.78, 5) is 12.6. The SMILES string of the molecule is Cc1ccc(-n2c(SCC(=O)Nc3cccc(Cl)c3C)nnc2-c2ccccc2)cc1C. The lowest BCUT2D eigenvalue weighted by atomic mass is 10.1. The van der Waals surface area contributed by atoms with Gasteiger partial charge in [0.15, 0.2) is 11.0 Å². The van der Waals surface area contributed by atoms with Gasteiger partial charge in [0.25, 0.3) is 0 Å². The van der Waals surface area contributed by atoms with Crippen molar-refractivity contribution in [1.29, 1.82) is 0 Å². The van der Waals surface area contributed by atoms with Crippen LogP contribution in [-0.2, 0) is 4.79 Å². The van der Waals surface area contributed by atoms with Crippen molar-refractivity contribution in [3.63, 3.8) is 0 Å². The Morgan fingerprint density at radius 1 is 0.969 bits per heavy atom. The molecule has 0 aliphatic rings. The molecule has 0 aliphatic heterocycles. The van der Waals surface area contributed by atoms with E-state index in [4.69, 9.17) is 11.6 Å². The smallest absolute Gasteiger partial charge is 0.234 e. The second kappa shape index (κ2) is 9.59. The molecule has 0 aliphatic carbocycles. The van der Waals surface area contributed by atoms with Crippen LogP contribution in [-0.4, -0.2) is 26.4 Å². The van der Waals surface area contributed by atoms with Crippen LogP contribution in [0, 0.1) is 20.8 Å². The fourth-order valence-corrected chi connectivity index (χ4v) is 4.22. The third kappa shape index (κ3) is 4.71. The number of rotatable bonds is 6. The monoisotopic (exact) mass is 462 g/mol. The molecule has 5 nitrogen and oxygen atoms in total. The van der Waals surface area contributed by atoms with Crippen molar-refractivity contribution in [2.75, 3.05) is 11.1 Å². The number of amides is 1. The highest BCUT2D eigenvalue weighted by Gasteiger charge is 2.18. The second-order valence-corrected chi connectivity index (χ2v) is 8.88. The van der Waals surface area contributed by atoms with Gasteiger partial charge in [0.05, 0.1) is 11.4 Å². The van der Waals surface area contributed by atoms with Crippen LogP contribution in [0.1, 0.15) is 16.7 Å². The van der Waals surface area contributed by atoms with Crippen molar-refractivity contribution >= 4 is 35.0 Å². The zero-order valence-electron chi connectivity index (χ0n) is 18.1. The molecule has 0 radical (unpaired) electrons. The molecule has 0 saturated heterocycles. The van der Waals surface area contributed by atoms with E-state index in [1.807, 2.05) is 54.0 Å². The van der Waals surface area contributed by atoms with Crippen LogP contribution in [0.15, 0.2) is 71.9 Å². The summed E-state index contributed by atoms with van der Waals surface area (Å²) in [7, 11) is 0. The molecule has 32 heavy (non-hydrogen) atoms. The number of anilines is 1. The van der Waals surface area contributed by atoms with E-state index < -0.39 is 0 Å². The van der Waals surface area contributed by atoms with Crippen molar-refractivity contribution < 1.29 is 4.79 Å². The fraction of sp³-hybridized carbons (Fsp3) is 0.160. The number of nitrogens with one attached hydrogen (secondary N) is 1. The average Bonchev–Trinajstić information content (AvgIpc) is 3.22. The Morgan fingerprint density at radius 2 is 1.75 bits per heavy atom. The molecule has 1 amide bonds. The standard InChI is InChI=1S/C25H23ClN4OS/c1-16-12-13-20(14-17(16)2)30-24(19-8-5-4-6-9-19)28-29-25(30)32-15-23(31)27-22-11-7-10-21(26)18(22)3/h4-14H,15H2,1-3H3,(H,27,31). The van der Waals surface area contributed by atoms with Gasteiger partial charge in [0.2, 0.25) is 5.91 Å². The molecule has 0 unspecified atom stereocenters. The lowest BCUT2D eigenvalue weighted by Crippen LogP contribution is -2.15. The quantitative estimate of drug-likeness (QED) is 0.344. The fourth-order valence-electron chi connectivity index (χ4n) is 3.29. The first-order valence-electron chi connectivity index (χ1n) is 10.2. The highest BCUT2D eigenvalue weighted by Crippen LogP contribution is 2.29. The largest absolute Gasteiger partial charge is 0.325 e. The van der Waals surface area contributed by atoms with E-state index in [9.17, 15) is 4.79 Å². The van der Waals surface area contributed by atoms with Gasteiger partial charge in [-0.05, 0) is 61.7 Å². The van der Waals surface area contributed by atoms with Gasteiger partial charge in [-0.2, -0.15) is 0 Å². The normalized spacial score (nSPS) is 10.9. The first kappa shape index (κ1) is 22.1. The Morgan fingerprint density at radius 3 is 2.50 bits per heavy atom. The Kier molecular flexibility index (Phi) is 6.63. The molecular formula is C25H23ClN4OS. The first-order valence-corrected chi connectivity index (χ1v) is 11.6. The van der Waals surface area contributed by atoms with Gasteiger partial charge in [-0.15, -0.1) is 10.2 Å². The number of carbonyl (C=O) groups is 1. The molecule has 1 heterocycles. The van der Waals surface area contributed by atoms with Gasteiger partial charge in [-0.25, -0.2) is 0 Å². The summed E-state index contributed by atoms with van der Waals surface area (Å²) in [5.74, 6) is 0.808. The number of aromatic nitrogens is 3. The van der Waals surface area contributed by atoms with Crippen LogP contribution in [0.2, 0.25) is 5.02 Å². The Balaban J connectivity index is 1.62. The number of nitrogens with zero attached hydrogens (tertiary/aromatic N) is 3. The van der Waals surface area contributed by atoms with Crippen LogP contribution in [0.25, 0.3) is 17.1 Å². The zero-order valence-corrected chi connectivity index (χ0v) is 19.7. The number of thioether (sulfide) groups is 1. The molecule has 4 rings (SSSR count). The maximum atomic E-state index is 12.6. The Hall–Kier alpha value is -3.09. The van der Waals surface area contributed by atoms with Crippen molar-refractivity contribution in [2.45, 2.75) is 25.9 Å². The van der Waals surface area contributed by atoms with Crippen molar-refractivity contribution in [2.24, 2.45) is 0 Å². The molecule has 162 valence electrons. The van der Waals surface area contributed by atoms with Crippen molar-refractivity contribution in [1.82, 2.24) is 14.8 Å². The molecule has 0 fully saturated rings. The third-order valence-corrected chi connectivity index (χ3v) is 6.63. The van der Waals surface area contributed by atoms with Gasteiger partial charge in [0.1, 0.15) is 0 Å². The topological polar surface area (TPSA) is 59.8 Å². The molecule has 0 atom stereocenters. The average molecular weight is 463 g/mol. The van der Waals surface area contributed by atoms with Crippen LogP contribution in [0.4, 0.5) is 5.69 Å². The summed E-state index contributed by atoms with van der Waals surface area (Å²) in [6.45, 7) is 6.05. The third-order valence-electron chi connectivity index (χ3n) is 5.29. The lowest BCUT2D eigenvalue weighted by molar-refractivity contribution is -0.113. The van der Waals surface area contributed by atoms with E-state index >= 15 is 0 Å². The Bertz CT molecular complexity index is 1270. The number of carbonyl (C=O) groups excluding carboxylic acids is 1. The second-order valence-electron chi connectivity index (χ2n) is 7.53. The number of hydrogen-bond donors (Lipinski definition) is 1. The maximum Gasteiger partial charge on any atom is 0.234 e. The molecule has 4 aromatic rings. The van der Waals surface area contributed by atoms with E-state index in [1.165, 1.54) is 22.9 Å². The van der Waals surface area contributed by atoms with Crippen molar-refractivity contribution in [3.05, 3.63) is 88.4 Å². The van der Waals surface area contributed by atoms with Gasteiger partial charge in [-0.1, -0.05) is 65.8 Å². The van der Waals surface area contributed by atoms with E-state index in [1.54, 1.807) is 6.07 Å². The molecular weight excluding hydrogens is 440 g/mol. The molecule has 1 aromatic heterocycles. The number of halogens is 1. The molecule has 1 N–H and O–H groups in total. The van der Waals surface area contributed by atoms with Crippen LogP contribution in [0.3, 0.4) is 0 Å². The van der Waals surface area contributed by atoms with Gasteiger partial charge in [-0.3, -0.25) is 9.36 Å². The summed E-state index contributed by atoms with van der Waals surface area (Å²) < 4.78 is 2.00. The molecule has 0 spiro atoms. The minimum atomic E-state index is -0.128. The van der Waals surface area contributed by atoms with E-state index in [0.29, 0.717) is 15.9 Å². The van der Waals surface area contributed by atoms with Gasteiger partial charge < -0.3 is 5.32 Å². The summed E-state index contributed by atoms with van der Waals surface area (Å²) in [6.07, 6.45) is 0. The predicted octanol–water partition coefficient (Wildman–Crippen LogP) is 6.24. The first-order chi connectivity index (χ1) is 15.4. The van der Waals surface area contributed by atoms with Crippen LogP contribution < -0.4 is 5.32 Å². The minimum Gasteiger partial charge on any atom is -0.325 e. The summed E-state index contributed by atoms with van der Waals surface area (Å²) in [5.41, 5.74) is 5.88. The summed E-state index contributed by atoms with van der Waals surface area (Å²) >= 11 is 7.51. The maximum absolute atomic E-state index is 12.6. The number of benzene rings is 3. The lowest BCUT2D eigenvalue weighted by Gasteiger charge is -2.13. The molecule has 3 aromatic carbocycles. The van der Waals surface area contributed by atoms with Crippen LogP contribution >= 0.6 is 23.4 Å². The summed E-state index contributed by atoms with van der Waals surface area (Å²) in [5, 5.41) is 13.1. The van der Waals surface area contributed by atoms with Crippen molar-refractivity contribution in [3.8, 4) is 17.1 Å².